The standard InChI is InChI=1S/C22H19FN4O3/c1-13(2)26-20(28)18(19(22(26)30)25-11-5-4-6-12-25)17-14(3)24-27(21(17)29)16-9-7-15(23)8-10-16/h4-13H,1-3H3. The van der Waals surface area contributed by atoms with E-state index in [2.05, 4.69) is 5.10 Å². The van der Waals surface area contributed by atoms with Gasteiger partial charge in [0.1, 0.15) is 11.4 Å². The van der Waals surface area contributed by atoms with E-state index in [1.807, 2.05) is 0 Å². The van der Waals surface area contributed by atoms with E-state index >= 15 is 0 Å². The molecule has 0 N–H and O–H groups in total. The first-order chi connectivity index (χ1) is 14.3. The average molecular weight is 406 g/mol. The molecule has 0 bridgehead atoms. The van der Waals surface area contributed by atoms with Crippen LogP contribution in [0.2, 0.25) is 0 Å². The number of amides is 2. The van der Waals surface area contributed by atoms with Gasteiger partial charge in [-0.15, -0.1) is 0 Å². The highest BCUT2D eigenvalue weighted by molar-refractivity contribution is 6.45. The normalized spacial score (nSPS) is 14.4. The fourth-order valence-electron chi connectivity index (χ4n) is 3.57. The number of aryl methyl sites for hydroxylation is 1. The summed E-state index contributed by atoms with van der Waals surface area (Å²) < 4.78 is 15.9. The van der Waals surface area contributed by atoms with Gasteiger partial charge < -0.3 is 5.11 Å². The van der Waals surface area contributed by atoms with Crippen LogP contribution in [0.1, 0.15) is 25.1 Å². The molecule has 2 aromatic heterocycles. The van der Waals surface area contributed by atoms with Crippen molar-refractivity contribution in [1.29, 1.82) is 0 Å². The predicted octanol–water partition coefficient (Wildman–Crippen LogP) is 1.83. The largest absolute Gasteiger partial charge is 0.858 e. The smallest absolute Gasteiger partial charge is 0.327 e. The first-order valence-corrected chi connectivity index (χ1v) is 9.43. The lowest BCUT2D eigenvalue weighted by Crippen LogP contribution is -2.42. The quantitative estimate of drug-likeness (QED) is 0.489. The van der Waals surface area contributed by atoms with Crippen LogP contribution in [-0.4, -0.2) is 32.5 Å². The Hall–Kier alpha value is -3.81. The number of nitrogens with zero attached hydrogens (tertiary/aromatic N) is 4. The highest BCUT2D eigenvalue weighted by atomic mass is 19.1. The summed E-state index contributed by atoms with van der Waals surface area (Å²) in [6.45, 7) is 5.07. The number of aromatic nitrogens is 3. The van der Waals surface area contributed by atoms with Crippen LogP contribution < -0.4 is 9.67 Å². The molecule has 7 nitrogen and oxygen atoms in total. The van der Waals surface area contributed by atoms with Crippen molar-refractivity contribution >= 4 is 23.1 Å². The molecule has 2 amide bonds. The van der Waals surface area contributed by atoms with Gasteiger partial charge >= 0.3 is 5.91 Å². The number of carbonyl (C=O) groups excluding carboxylic acids is 2. The van der Waals surface area contributed by atoms with Crippen molar-refractivity contribution in [3.8, 4) is 11.6 Å². The highest BCUT2D eigenvalue weighted by Gasteiger charge is 2.47. The van der Waals surface area contributed by atoms with Crippen molar-refractivity contribution in [2.45, 2.75) is 26.8 Å². The minimum absolute atomic E-state index is 0.0146. The van der Waals surface area contributed by atoms with E-state index in [0.717, 1.165) is 9.58 Å². The molecule has 3 aromatic rings. The Balaban J connectivity index is 1.96. The Bertz CT molecular complexity index is 1180. The van der Waals surface area contributed by atoms with Crippen molar-refractivity contribution in [3.05, 3.63) is 71.9 Å². The summed E-state index contributed by atoms with van der Waals surface area (Å²) in [4.78, 5) is 27.5. The molecule has 0 unspecified atom stereocenters. The van der Waals surface area contributed by atoms with Crippen LogP contribution in [0.3, 0.4) is 0 Å². The van der Waals surface area contributed by atoms with Crippen molar-refractivity contribution in [1.82, 2.24) is 14.7 Å². The Morgan fingerprint density at radius 3 is 2.27 bits per heavy atom. The van der Waals surface area contributed by atoms with Crippen LogP contribution in [0, 0.1) is 12.7 Å². The molecule has 3 heterocycles. The molecule has 4 rings (SSSR count). The number of imide groups is 1. The number of hydrogen-bond acceptors (Lipinski definition) is 4. The van der Waals surface area contributed by atoms with Gasteiger partial charge in [-0.3, -0.25) is 14.5 Å². The molecule has 0 atom stereocenters. The van der Waals surface area contributed by atoms with Gasteiger partial charge in [0.25, 0.3) is 11.6 Å². The number of benzene rings is 1. The molecule has 1 aromatic carbocycles. The Morgan fingerprint density at radius 2 is 1.67 bits per heavy atom. The first-order valence-electron chi connectivity index (χ1n) is 9.43. The van der Waals surface area contributed by atoms with Crippen molar-refractivity contribution in [2.75, 3.05) is 0 Å². The minimum Gasteiger partial charge on any atom is -0.858 e. The fraction of sp³-hybridized carbons (Fsp3) is 0.182. The van der Waals surface area contributed by atoms with Gasteiger partial charge in [-0.25, -0.2) is 9.07 Å². The van der Waals surface area contributed by atoms with E-state index < -0.39 is 23.5 Å². The lowest BCUT2D eigenvalue weighted by molar-refractivity contribution is -0.576. The van der Waals surface area contributed by atoms with Gasteiger partial charge in [0.2, 0.25) is 0 Å². The summed E-state index contributed by atoms with van der Waals surface area (Å²) in [5.41, 5.74) is 0.851. The maximum absolute atomic E-state index is 13.3. The molecule has 0 saturated carbocycles. The number of hydrogen-bond donors (Lipinski definition) is 0. The SMILES string of the molecule is Cc1nn(-c2ccc(F)cc2)c([O-])c1C1=C([n+]2ccccc2)C(=O)N(C(C)C)C1=O. The Morgan fingerprint density at radius 1 is 1.03 bits per heavy atom. The summed E-state index contributed by atoms with van der Waals surface area (Å²) >= 11 is 0. The lowest BCUT2D eigenvalue weighted by atomic mass is 10.0. The zero-order valence-corrected chi connectivity index (χ0v) is 16.7. The second-order valence-electron chi connectivity index (χ2n) is 7.23. The van der Waals surface area contributed by atoms with E-state index in [4.69, 9.17) is 0 Å². The van der Waals surface area contributed by atoms with Crippen molar-refractivity contribution < 1.29 is 23.7 Å². The van der Waals surface area contributed by atoms with E-state index in [1.54, 1.807) is 51.4 Å². The van der Waals surface area contributed by atoms with Crippen LogP contribution in [0.5, 0.6) is 5.88 Å². The van der Waals surface area contributed by atoms with Gasteiger partial charge in [0, 0.05) is 23.7 Å². The summed E-state index contributed by atoms with van der Waals surface area (Å²) in [7, 11) is 0. The Kier molecular flexibility index (Phi) is 4.69. The molecule has 0 radical (unpaired) electrons. The summed E-state index contributed by atoms with van der Waals surface area (Å²) in [5, 5.41) is 17.5. The summed E-state index contributed by atoms with van der Waals surface area (Å²) in [5.74, 6) is -2.01. The third kappa shape index (κ3) is 2.97. The summed E-state index contributed by atoms with van der Waals surface area (Å²) in [6.07, 6.45) is 3.29. The van der Waals surface area contributed by atoms with Gasteiger partial charge in [-0.1, -0.05) is 6.07 Å². The van der Waals surface area contributed by atoms with Crippen LogP contribution in [0.4, 0.5) is 4.39 Å². The fourth-order valence-corrected chi connectivity index (χ4v) is 3.57. The van der Waals surface area contributed by atoms with Gasteiger partial charge in [-0.05, 0) is 50.9 Å². The Labute approximate surface area is 172 Å². The molecule has 30 heavy (non-hydrogen) atoms. The van der Waals surface area contributed by atoms with E-state index in [0.29, 0.717) is 11.4 Å². The molecule has 0 saturated heterocycles. The molecule has 0 aliphatic carbocycles. The third-order valence-corrected chi connectivity index (χ3v) is 4.92. The van der Waals surface area contributed by atoms with Crippen LogP contribution >= 0.6 is 0 Å². The third-order valence-electron chi connectivity index (χ3n) is 4.92. The molecule has 1 aliphatic heterocycles. The number of halogens is 1. The molecule has 8 heteroatoms. The molecule has 0 fully saturated rings. The first kappa shape index (κ1) is 19.5. The van der Waals surface area contributed by atoms with Crippen LogP contribution in [0.15, 0.2) is 54.9 Å². The zero-order chi connectivity index (χ0) is 21.6. The zero-order valence-electron chi connectivity index (χ0n) is 16.7. The molecular weight excluding hydrogens is 387 g/mol. The van der Waals surface area contributed by atoms with Crippen molar-refractivity contribution in [3.63, 3.8) is 0 Å². The van der Waals surface area contributed by atoms with E-state index in [9.17, 15) is 19.1 Å². The number of pyridine rings is 1. The van der Waals surface area contributed by atoms with Gasteiger partial charge in [0.05, 0.1) is 11.4 Å². The second kappa shape index (κ2) is 7.22. The molecule has 152 valence electrons. The van der Waals surface area contributed by atoms with Crippen molar-refractivity contribution in [2.24, 2.45) is 0 Å². The van der Waals surface area contributed by atoms with E-state index in [-0.39, 0.29) is 22.9 Å². The van der Waals surface area contributed by atoms with E-state index in [1.165, 1.54) is 28.8 Å². The second-order valence-corrected chi connectivity index (χ2v) is 7.23. The molecule has 0 spiro atoms. The lowest BCUT2D eigenvalue weighted by Gasteiger charge is -2.18. The predicted molar refractivity (Wildman–Crippen MR) is 104 cm³/mol. The maximum atomic E-state index is 13.3. The monoisotopic (exact) mass is 406 g/mol. The summed E-state index contributed by atoms with van der Waals surface area (Å²) in [6, 6.07) is 10.2. The van der Waals surface area contributed by atoms with Crippen LogP contribution in [0.25, 0.3) is 17.0 Å². The number of carbonyl (C=O) groups is 2. The molecule has 1 aliphatic rings. The maximum Gasteiger partial charge on any atom is 0.327 e. The topological polar surface area (TPSA) is 82.1 Å². The van der Waals surface area contributed by atoms with Gasteiger partial charge in [-0.2, -0.15) is 9.67 Å². The van der Waals surface area contributed by atoms with Crippen LogP contribution in [-0.2, 0) is 9.59 Å². The number of rotatable bonds is 4. The highest BCUT2D eigenvalue weighted by Crippen LogP contribution is 2.37. The van der Waals surface area contributed by atoms with Gasteiger partial charge in [0.15, 0.2) is 12.4 Å². The molecular formula is C22H19FN4O3. The minimum atomic E-state index is -0.546. The average Bonchev–Trinajstić information content (AvgIpc) is 3.14.